The van der Waals surface area contributed by atoms with Crippen LogP contribution in [-0.4, -0.2) is 30.3 Å². The smallest absolute Gasteiger partial charge is 0.224 e. The maximum atomic E-state index is 11.8. The van der Waals surface area contributed by atoms with Crippen LogP contribution in [0.1, 0.15) is 26.3 Å². The van der Waals surface area contributed by atoms with E-state index in [-0.39, 0.29) is 24.5 Å². The molecule has 106 valence electrons. The summed E-state index contributed by atoms with van der Waals surface area (Å²) in [5.41, 5.74) is 0.880. The fraction of sp³-hybridized carbons (Fsp3) is 0.533. The highest BCUT2D eigenvalue weighted by Crippen LogP contribution is 2.19. The van der Waals surface area contributed by atoms with Crippen molar-refractivity contribution in [1.29, 1.82) is 0 Å². The molecule has 0 heterocycles. The number of ether oxygens (including phenoxy) is 1. The minimum atomic E-state index is -0.0555. The van der Waals surface area contributed by atoms with Gasteiger partial charge in [-0.15, -0.1) is 0 Å². The molecule has 0 radical (unpaired) electrons. The summed E-state index contributed by atoms with van der Waals surface area (Å²) in [4.78, 5) is 11.8. The van der Waals surface area contributed by atoms with Crippen LogP contribution in [0.2, 0.25) is 0 Å². The van der Waals surface area contributed by atoms with E-state index in [4.69, 9.17) is 9.84 Å². The third kappa shape index (κ3) is 5.75. The van der Waals surface area contributed by atoms with Crippen molar-refractivity contribution in [2.45, 2.75) is 33.3 Å². The summed E-state index contributed by atoms with van der Waals surface area (Å²) in [6.45, 7) is 6.37. The number of hydrogen-bond acceptors (Lipinski definition) is 3. The second kappa shape index (κ2) is 7.79. The zero-order chi connectivity index (χ0) is 14.3. The van der Waals surface area contributed by atoms with Crippen molar-refractivity contribution in [1.82, 2.24) is 5.32 Å². The molecule has 1 amide bonds. The average molecular weight is 265 g/mol. The Morgan fingerprint density at radius 2 is 2.00 bits per heavy atom. The van der Waals surface area contributed by atoms with Crippen LogP contribution >= 0.6 is 0 Å². The van der Waals surface area contributed by atoms with Gasteiger partial charge in [-0.05, 0) is 25.8 Å². The monoisotopic (exact) mass is 265 g/mol. The van der Waals surface area contributed by atoms with Crippen molar-refractivity contribution in [3.63, 3.8) is 0 Å². The fourth-order valence-corrected chi connectivity index (χ4v) is 1.61. The largest absolute Gasteiger partial charge is 0.491 e. The Balaban J connectivity index is 2.58. The molecule has 0 saturated heterocycles. The molecule has 1 aromatic carbocycles. The van der Waals surface area contributed by atoms with Crippen LogP contribution in [0, 0.1) is 5.92 Å². The highest BCUT2D eigenvalue weighted by Gasteiger charge is 2.10. The first-order valence-corrected chi connectivity index (χ1v) is 6.65. The van der Waals surface area contributed by atoms with Crippen molar-refractivity contribution in [2.75, 3.05) is 13.2 Å². The Hall–Kier alpha value is -1.55. The van der Waals surface area contributed by atoms with Gasteiger partial charge in [-0.3, -0.25) is 4.79 Å². The quantitative estimate of drug-likeness (QED) is 0.790. The third-order valence-electron chi connectivity index (χ3n) is 2.65. The van der Waals surface area contributed by atoms with Crippen molar-refractivity contribution in [3.8, 4) is 5.75 Å². The maximum absolute atomic E-state index is 11.8. The predicted octanol–water partition coefficient (Wildman–Crippen LogP) is 1.76. The predicted molar refractivity (Wildman–Crippen MR) is 75.2 cm³/mol. The summed E-state index contributed by atoms with van der Waals surface area (Å²) in [7, 11) is 0. The van der Waals surface area contributed by atoms with E-state index < -0.39 is 0 Å². The van der Waals surface area contributed by atoms with Crippen LogP contribution in [0.15, 0.2) is 24.3 Å². The van der Waals surface area contributed by atoms with E-state index in [2.05, 4.69) is 5.32 Å². The SMILES string of the molecule is CC(CO)CNC(=O)Cc1ccccc1OC(C)C. The number of rotatable bonds is 7. The molecule has 4 nitrogen and oxygen atoms in total. The second-order valence-corrected chi connectivity index (χ2v) is 5.04. The van der Waals surface area contributed by atoms with E-state index in [1.165, 1.54) is 0 Å². The molecule has 19 heavy (non-hydrogen) atoms. The first-order chi connectivity index (χ1) is 9.02. The lowest BCUT2D eigenvalue weighted by atomic mass is 10.1. The highest BCUT2D eigenvalue weighted by atomic mass is 16.5. The first-order valence-electron chi connectivity index (χ1n) is 6.65. The van der Waals surface area contributed by atoms with Crippen LogP contribution in [0.25, 0.3) is 0 Å². The molecular formula is C15H23NO3. The molecule has 0 aliphatic heterocycles. The van der Waals surface area contributed by atoms with Crippen LogP contribution in [0.3, 0.4) is 0 Å². The highest BCUT2D eigenvalue weighted by molar-refractivity contribution is 5.79. The second-order valence-electron chi connectivity index (χ2n) is 5.04. The first kappa shape index (κ1) is 15.5. The van der Waals surface area contributed by atoms with Crippen LogP contribution in [0.5, 0.6) is 5.75 Å². The number of hydrogen-bond donors (Lipinski definition) is 2. The van der Waals surface area contributed by atoms with Crippen LogP contribution in [-0.2, 0) is 11.2 Å². The van der Waals surface area contributed by atoms with Gasteiger partial charge in [0.05, 0.1) is 12.5 Å². The molecular weight excluding hydrogens is 242 g/mol. The van der Waals surface area contributed by atoms with Crippen LogP contribution < -0.4 is 10.1 Å². The number of benzene rings is 1. The zero-order valence-electron chi connectivity index (χ0n) is 11.8. The molecule has 0 spiro atoms. The van der Waals surface area contributed by atoms with Gasteiger partial charge in [-0.1, -0.05) is 25.1 Å². The van der Waals surface area contributed by atoms with Gasteiger partial charge in [-0.25, -0.2) is 0 Å². The van der Waals surface area contributed by atoms with Crippen LogP contribution in [0.4, 0.5) is 0 Å². The third-order valence-corrected chi connectivity index (χ3v) is 2.65. The number of aliphatic hydroxyl groups excluding tert-OH is 1. The summed E-state index contributed by atoms with van der Waals surface area (Å²) in [6, 6.07) is 7.56. The minimum absolute atomic E-state index is 0.0555. The zero-order valence-corrected chi connectivity index (χ0v) is 11.8. The van der Waals surface area contributed by atoms with Crippen molar-refractivity contribution in [3.05, 3.63) is 29.8 Å². The Labute approximate surface area is 114 Å². The summed E-state index contributed by atoms with van der Waals surface area (Å²) in [6.07, 6.45) is 0.375. The van der Waals surface area contributed by atoms with Crippen molar-refractivity contribution in [2.24, 2.45) is 5.92 Å². The van der Waals surface area contributed by atoms with Gasteiger partial charge >= 0.3 is 0 Å². The molecule has 2 N–H and O–H groups in total. The van der Waals surface area contributed by atoms with Gasteiger partial charge in [0.25, 0.3) is 0 Å². The van der Waals surface area contributed by atoms with E-state index in [0.29, 0.717) is 13.0 Å². The molecule has 4 heteroatoms. The van der Waals surface area contributed by atoms with Crippen molar-refractivity contribution >= 4 is 5.91 Å². The lowest BCUT2D eigenvalue weighted by molar-refractivity contribution is -0.120. The minimum Gasteiger partial charge on any atom is -0.491 e. The number of nitrogens with one attached hydrogen (secondary N) is 1. The summed E-state index contributed by atoms with van der Waals surface area (Å²) >= 11 is 0. The topological polar surface area (TPSA) is 58.6 Å². The summed E-state index contributed by atoms with van der Waals surface area (Å²) in [5.74, 6) is 0.772. The maximum Gasteiger partial charge on any atom is 0.224 e. The van der Waals surface area contributed by atoms with E-state index in [1.807, 2.05) is 45.0 Å². The van der Waals surface area contributed by atoms with E-state index in [1.54, 1.807) is 0 Å². The van der Waals surface area contributed by atoms with E-state index in [9.17, 15) is 4.79 Å². The fourth-order valence-electron chi connectivity index (χ4n) is 1.61. The molecule has 0 bridgehead atoms. The standard InChI is InChI=1S/C15H23NO3/c1-11(2)19-14-7-5-4-6-13(14)8-15(18)16-9-12(3)10-17/h4-7,11-12,17H,8-10H2,1-3H3,(H,16,18). The molecule has 1 aromatic rings. The molecule has 0 saturated carbocycles. The normalized spacial score (nSPS) is 12.3. The summed E-state index contributed by atoms with van der Waals surface area (Å²) in [5, 5.41) is 11.7. The van der Waals surface area contributed by atoms with E-state index in [0.717, 1.165) is 11.3 Å². The lowest BCUT2D eigenvalue weighted by Gasteiger charge is -2.14. The van der Waals surface area contributed by atoms with Crippen molar-refractivity contribution < 1.29 is 14.6 Å². The van der Waals surface area contributed by atoms with Gasteiger partial charge in [-0.2, -0.15) is 0 Å². The number of carbonyl (C=O) groups excluding carboxylic acids is 1. The molecule has 1 unspecified atom stereocenters. The Bertz CT molecular complexity index is 404. The Morgan fingerprint density at radius 3 is 2.63 bits per heavy atom. The van der Waals surface area contributed by atoms with E-state index >= 15 is 0 Å². The van der Waals surface area contributed by atoms with Gasteiger partial charge in [0.2, 0.25) is 5.91 Å². The van der Waals surface area contributed by atoms with Gasteiger partial charge in [0, 0.05) is 18.7 Å². The Morgan fingerprint density at radius 1 is 1.32 bits per heavy atom. The number of amides is 1. The number of aliphatic hydroxyl groups is 1. The lowest BCUT2D eigenvalue weighted by Crippen LogP contribution is -2.30. The molecule has 1 rings (SSSR count). The molecule has 0 aromatic heterocycles. The molecule has 0 aliphatic carbocycles. The Kier molecular flexibility index (Phi) is 6.36. The van der Waals surface area contributed by atoms with Gasteiger partial charge < -0.3 is 15.2 Å². The number of carbonyl (C=O) groups is 1. The average Bonchev–Trinajstić information content (AvgIpc) is 2.37. The summed E-state index contributed by atoms with van der Waals surface area (Å²) < 4.78 is 5.67. The van der Waals surface area contributed by atoms with Gasteiger partial charge in [0.15, 0.2) is 0 Å². The molecule has 0 fully saturated rings. The molecule has 0 aliphatic rings. The number of para-hydroxylation sites is 1. The molecule has 1 atom stereocenters. The van der Waals surface area contributed by atoms with Gasteiger partial charge in [0.1, 0.15) is 5.75 Å².